The summed E-state index contributed by atoms with van der Waals surface area (Å²) in [5.74, 6) is 0.514. The first-order chi connectivity index (χ1) is 13.4. The number of imidazole rings is 1. The molecule has 148 valence electrons. The smallest absolute Gasteiger partial charge is 0.270 e. The average molecular weight is 419 g/mol. The number of para-hydroxylation sites is 1. The summed E-state index contributed by atoms with van der Waals surface area (Å²) >= 11 is 6.15. The molecule has 8 heteroatoms. The zero-order valence-electron chi connectivity index (χ0n) is 15.8. The van der Waals surface area contributed by atoms with Gasteiger partial charge >= 0.3 is 0 Å². The molecule has 1 saturated heterocycles. The van der Waals surface area contributed by atoms with Gasteiger partial charge in [-0.05, 0) is 30.2 Å². The third-order valence-electron chi connectivity index (χ3n) is 5.25. The number of nitrogens with one attached hydrogen (secondary N) is 1. The van der Waals surface area contributed by atoms with Crippen LogP contribution in [0.1, 0.15) is 13.8 Å². The van der Waals surface area contributed by atoms with Gasteiger partial charge in [0.2, 0.25) is 0 Å². The third-order valence-corrected chi connectivity index (χ3v) is 7.41. The van der Waals surface area contributed by atoms with E-state index in [0.717, 1.165) is 25.3 Å². The van der Waals surface area contributed by atoms with E-state index < -0.39 is 10.0 Å². The molecule has 2 heterocycles. The Kier molecular flexibility index (Phi) is 5.07. The molecular weight excluding hydrogens is 396 g/mol. The Bertz CT molecular complexity index is 1110. The molecule has 1 aliphatic rings. The quantitative estimate of drug-likeness (QED) is 0.703. The summed E-state index contributed by atoms with van der Waals surface area (Å²) in [5.41, 5.74) is 2.19. The first-order valence-electron chi connectivity index (χ1n) is 9.34. The van der Waals surface area contributed by atoms with Gasteiger partial charge in [-0.1, -0.05) is 43.6 Å². The summed E-state index contributed by atoms with van der Waals surface area (Å²) in [5, 5.41) is 3.74. The van der Waals surface area contributed by atoms with Crippen LogP contribution in [0.4, 0.5) is 5.69 Å². The van der Waals surface area contributed by atoms with Gasteiger partial charge in [0.1, 0.15) is 16.7 Å². The predicted octanol–water partition coefficient (Wildman–Crippen LogP) is 3.36. The number of hydrogen-bond donors (Lipinski definition) is 1. The number of piperazine rings is 1. The van der Waals surface area contributed by atoms with E-state index in [1.807, 2.05) is 12.1 Å². The maximum Gasteiger partial charge on any atom is 0.270 e. The number of anilines is 1. The topological polar surface area (TPSA) is 67.2 Å². The maximum atomic E-state index is 13.2. The number of benzene rings is 2. The Morgan fingerprint density at radius 1 is 1.18 bits per heavy atom. The van der Waals surface area contributed by atoms with Crippen LogP contribution in [0.3, 0.4) is 0 Å². The first kappa shape index (κ1) is 19.2. The Morgan fingerprint density at radius 3 is 2.71 bits per heavy atom. The number of nitrogens with zero attached hydrogens (tertiary/aromatic N) is 3. The predicted molar refractivity (Wildman–Crippen MR) is 113 cm³/mol. The van der Waals surface area contributed by atoms with Crippen LogP contribution in [0, 0.1) is 5.92 Å². The minimum Gasteiger partial charge on any atom is -0.367 e. The van der Waals surface area contributed by atoms with E-state index in [2.05, 4.69) is 29.0 Å². The lowest BCUT2D eigenvalue weighted by Gasteiger charge is -2.37. The molecule has 2 aromatic carbocycles. The van der Waals surface area contributed by atoms with Crippen LogP contribution in [0.2, 0.25) is 5.02 Å². The number of hydrogen-bond acceptors (Lipinski definition) is 5. The number of rotatable bonds is 4. The monoisotopic (exact) mass is 418 g/mol. The second kappa shape index (κ2) is 7.39. The van der Waals surface area contributed by atoms with E-state index in [4.69, 9.17) is 11.6 Å². The van der Waals surface area contributed by atoms with Crippen molar-refractivity contribution in [2.75, 3.05) is 24.5 Å². The van der Waals surface area contributed by atoms with Gasteiger partial charge in [-0.25, -0.2) is 17.4 Å². The van der Waals surface area contributed by atoms with E-state index >= 15 is 0 Å². The highest BCUT2D eigenvalue weighted by Gasteiger charge is 2.26. The van der Waals surface area contributed by atoms with Crippen LogP contribution in [0.15, 0.2) is 53.7 Å². The largest absolute Gasteiger partial charge is 0.367 e. The van der Waals surface area contributed by atoms with Gasteiger partial charge < -0.3 is 10.2 Å². The van der Waals surface area contributed by atoms with Gasteiger partial charge in [0.15, 0.2) is 0 Å². The summed E-state index contributed by atoms with van der Waals surface area (Å²) in [6.45, 7) is 7.00. The van der Waals surface area contributed by atoms with Gasteiger partial charge in [0.05, 0.1) is 16.2 Å². The molecule has 1 fully saturated rings. The first-order valence-corrected chi connectivity index (χ1v) is 11.2. The van der Waals surface area contributed by atoms with E-state index in [9.17, 15) is 8.42 Å². The number of fused-ring (bicyclic) bond motifs is 1. The second-order valence-electron chi connectivity index (χ2n) is 7.37. The SMILES string of the molecule is CC(C)C1CN(c2cccc3c2ncn3S(=O)(=O)c2ccccc2Cl)CCN1. The molecule has 1 aromatic heterocycles. The molecule has 3 aromatic rings. The summed E-state index contributed by atoms with van der Waals surface area (Å²) in [4.78, 5) is 6.82. The minimum atomic E-state index is -3.83. The molecular formula is C20H23ClN4O2S. The Hall–Kier alpha value is -2.09. The van der Waals surface area contributed by atoms with Crippen molar-refractivity contribution >= 4 is 38.3 Å². The highest BCUT2D eigenvalue weighted by Crippen LogP contribution is 2.30. The molecule has 0 amide bonds. The molecule has 1 atom stereocenters. The second-order valence-corrected chi connectivity index (χ2v) is 9.56. The summed E-state index contributed by atoms with van der Waals surface area (Å²) in [6.07, 6.45) is 1.37. The van der Waals surface area contributed by atoms with Crippen LogP contribution in [0.25, 0.3) is 11.0 Å². The van der Waals surface area contributed by atoms with Crippen LogP contribution in [-0.2, 0) is 10.0 Å². The molecule has 1 unspecified atom stereocenters. The molecule has 1 aliphatic heterocycles. The molecule has 0 saturated carbocycles. The van der Waals surface area contributed by atoms with Gasteiger partial charge in [-0.15, -0.1) is 0 Å². The minimum absolute atomic E-state index is 0.0726. The zero-order chi connectivity index (χ0) is 19.9. The van der Waals surface area contributed by atoms with Crippen molar-refractivity contribution in [3.05, 3.63) is 53.8 Å². The van der Waals surface area contributed by atoms with Gasteiger partial charge in [0.25, 0.3) is 10.0 Å². The van der Waals surface area contributed by atoms with Gasteiger partial charge in [0, 0.05) is 25.7 Å². The normalized spacial score (nSPS) is 18.1. The van der Waals surface area contributed by atoms with E-state index in [1.54, 1.807) is 24.3 Å². The lowest BCUT2D eigenvalue weighted by atomic mass is 10.0. The van der Waals surface area contributed by atoms with E-state index in [-0.39, 0.29) is 9.92 Å². The fourth-order valence-corrected chi connectivity index (χ4v) is 5.43. The standard InChI is InChI=1S/C20H23ClN4O2S/c1-14(2)16-12-24(11-10-22-16)17-7-5-8-18-20(17)23-13-25(18)28(26,27)19-9-4-3-6-15(19)21/h3-9,13-14,16,22H,10-12H2,1-2H3. The highest BCUT2D eigenvalue weighted by molar-refractivity contribution is 7.90. The van der Waals surface area contributed by atoms with Crippen molar-refractivity contribution in [1.82, 2.24) is 14.3 Å². The van der Waals surface area contributed by atoms with Crippen LogP contribution in [-0.4, -0.2) is 43.1 Å². The summed E-state index contributed by atoms with van der Waals surface area (Å²) < 4.78 is 27.6. The molecule has 0 radical (unpaired) electrons. The van der Waals surface area contributed by atoms with Crippen molar-refractivity contribution < 1.29 is 8.42 Å². The van der Waals surface area contributed by atoms with Crippen LogP contribution >= 0.6 is 11.6 Å². The molecule has 4 rings (SSSR count). The Balaban J connectivity index is 1.79. The Labute approximate surface area is 170 Å². The molecule has 0 spiro atoms. The zero-order valence-corrected chi connectivity index (χ0v) is 17.4. The summed E-state index contributed by atoms with van der Waals surface area (Å²) in [7, 11) is -3.83. The van der Waals surface area contributed by atoms with Crippen molar-refractivity contribution in [1.29, 1.82) is 0 Å². The number of aromatic nitrogens is 2. The molecule has 0 bridgehead atoms. The van der Waals surface area contributed by atoms with Crippen LogP contribution < -0.4 is 10.2 Å². The van der Waals surface area contributed by atoms with Gasteiger partial charge in [-0.2, -0.15) is 0 Å². The Morgan fingerprint density at radius 2 is 1.96 bits per heavy atom. The van der Waals surface area contributed by atoms with Gasteiger partial charge in [-0.3, -0.25) is 0 Å². The van der Waals surface area contributed by atoms with Crippen LogP contribution in [0.5, 0.6) is 0 Å². The fourth-order valence-electron chi connectivity index (χ4n) is 3.65. The lowest BCUT2D eigenvalue weighted by molar-refractivity contribution is 0.369. The number of halogens is 1. The molecule has 28 heavy (non-hydrogen) atoms. The van der Waals surface area contributed by atoms with E-state index in [1.165, 1.54) is 16.4 Å². The average Bonchev–Trinajstić information content (AvgIpc) is 3.13. The van der Waals surface area contributed by atoms with Crippen molar-refractivity contribution in [3.8, 4) is 0 Å². The fraction of sp³-hybridized carbons (Fsp3) is 0.350. The lowest BCUT2D eigenvalue weighted by Crippen LogP contribution is -2.53. The molecule has 1 N–H and O–H groups in total. The van der Waals surface area contributed by atoms with E-state index in [0.29, 0.717) is 23.0 Å². The molecule has 6 nitrogen and oxygen atoms in total. The van der Waals surface area contributed by atoms with Crippen molar-refractivity contribution in [3.63, 3.8) is 0 Å². The van der Waals surface area contributed by atoms with Crippen molar-refractivity contribution in [2.45, 2.75) is 24.8 Å². The summed E-state index contributed by atoms with van der Waals surface area (Å²) in [6, 6.07) is 12.5. The van der Waals surface area contributed by atoms with Crippen molar-refractivity contribution in [2.24, 2.45) is 5.92 Å². The third kappa shape index (κ3) is 3.27. The molecule has 0 aliphatic carbocycles. The highest BCUT2D eigenvalue weighted by atomic mass is 35.5. The maximum absolute atomic E-state index is 13.2.